The van der Waals surface area contributed by atoms with Gasteiger partial charge >= 0.3 is 0 Å². The highest BCUT2D eigenvalue weighted by Crippen LogP contribution is 2.19. The first-order valence-electron chi connectivity index (χ1n) is 6.30. The van der Waals surface area contributed by atoms with Gasteiger partial charge in [0.15, 0.2) is 5.82 Å². The molecule has 0 unspecified atom stereocenters. The maximum absolute atomic E-state index is 8.77. The summed E-state index contributed by atoms with van der Waals surface area (Å²) in [6, 6.07) is 17.6. The van der Waals surface area contributed by atoms with Crippen LogP contribution in [0.5, 0.6) is 0 Å². The van der Waals surface area contributed by atoms with Gasteiger partial charge in [-0.3, -0.25) is 0 Å². The third-order valence-corrected chi connectivity index (χ3v) is 3.11. The molecule has 0 fully saturated rings. The fraction of sp³-hybridized carbons (Fsp3) is 0.0625. The third kappa shape index (κ3) is 2.43. The lowest BCUT2D eigenvalue weighted by Gasteiger charge is -2.07. The van der Waals surface area contributed by atoms with Crippen molar-refractivity contribution in [3.63, 3.8) is 0 Å². The van der Waals surface area contributed by atoms with E-state index in [4.69, 9.17) is 5.26 Å². The standard InChI is InChI=1S/C16H12N4/c17-9-12-5-7-13(8-6-12)10-18-16-15-4-2-1-3-14(15)11-19-20-16/h1-8,11H,10H2,(H,18,20). The van der Waals surface area contributed by atoms with Crippen molar-refractivity contribution in [2.24, 2.45) is 0 Å². The third-order valence-electron chi connectivity index (χ3n) is 3.11. The highest BCUT2D eigenvalue weighted by Gasteiger charge is 2.02. The van der Waals surface area contributed by atoms with E-state index in [-0.39, 0.29) is 0 Å². The second-order valence-corrected chi connectivity index (χ2v) is 4.44. The van der Waals surface area contributed by atoms with Gasteiger partial charge in [-0.2, -0.15) is 10.4 Å². The van der Waals surface area contributed by atoms with E-state index in [2.05, 4.69) is 21.6 Å². The van der Waals surface area contributed by atoms with E-state index >= 15 is 0 Å². The quantitative estimate of drug-likeness (QED) is 0.786. The molecule has 1 N–H and O–H groups in total. The van der Waals surface area contributed by atoms with Crippen LogP contribution in [0.4, 0.5) is 5.82 Å². The second kappa shape index (κ2) is 5.37. The molecule has 4 nitrogen and oxygen atoms in total. The molecular weight excluding hydrogens is 248 g/mol. The fourth-order valence-electron chi connectivity index (χ4n) is 2.04. The predicted octanol–water partition coefficient (Wildman–Crippen LogP) is 3.11. The summed E-state index contributed by atoms with van der Waals surface area (Å²) >= 11 is 0. The number of nitrogens with zero attached hydrogens (tertiary/aromatic N) is 3. The van der Waals surface area contributed by atoms with Gasteiger partial charge in [-0.05, 0) is 17.7 Å². The Kier molecular flexibility index (Phi) is 3.25. The number of aromatic nitrogens is 2. The number of benzene rings is 2. The van der Waals surface area contributed by atoms with E-state index in [0.29, 0.717) is 12.1 Å². The SMILES string of the molecule is N#Cc1ccc(CNc2nncc3ccccc23)cc1. The first-order chi connectivity index (χ1) is 9.86. The minimum atomic E-state index is 0.647. The molecule has 0 bridgehead atoms. The highest BCUT2D eigenvalue weighted by molar-refractivity contribution is 5.90. The van der Waals surface area contributed by atoms with Gasteiger partial charge in [0.25, 0.3) is 0 Å². The zero-order valence-corrected chi connectivity index (χ0v) is 10.7. The first-order valence-corrected chi connectivity index (χ1v) is 6.30. The summed E-state index contributed by atoms with van der Waals surface area (Å²) in [5.74, 6) is 0.771. The van der Waals surface area contributed by atoms with Crippen LogP contribution in [0.3, 0.4) is 0 Å². The summed E-state index contributed by atoms with van der Waals surface area (Å²) in [5.41, 5.74) is 1.76. The topological polar surface area (TPSA) is 61.6 Å². The molecule has 1 heterocycles. The molecule has 0 aliphatic heterocycles. The van der Waals surface area contributed by atoms with Crippen molar-refractivity contribution in [1.82, 2.24) is 10.2 Å². The van der Waals surface area contributed by atoms with Gasteiger partial charge in [0, 0.05) is 17.3 Å². The van der Waals surface area contributed by atoms with Gasteiger partial charge in [-0.1, -0.05) is 36.4 Å². The maximum Gasteiger partial charge on any atom is 0.156 e. The van der Waals surface area contributed by atoms with Crippen LogP contribution >= 0.6 is 0 Å². The molecule has 96 valence electrons. The summed E-state index contributed by atoms with van der Waals surface area (Å²) in [6.07, 6.45) is 1.75. The van der Waals surface area contributed by atoms with Crippen molar-refractivity contribution in [2.45, 2.75) is 6.54 Å². The molecule has 0 aliphatic carbocycles. The van der Waals surface area contributed by atoms with E-state index in [9.17, 15) is 0 Å². The van der Waals surface area contributed by atoms with Gasteiger partial charge in [0.1, 0.15) is 0 Å². The molecule has 0 amide bonds. The predicted molar refractivity (Wildman–Crippen MR) is 78.0 cm³/mol. The van der Waals surface area contributed by atoms with Crippen LogP contribution in [0.1, 0.15) is 11.1 Å². The lowest BCUT2D eigenvalue weighted by molar-refractivity contribution is 1.02. The zero-order chi connectivity index (χ0) is 13.8. The van der Waals surface area contributed by atoms with Crippen LogP contribution < -0.4 is 5.32 Å². The van der Waals surface area contributed by atoms with Gasteiger partial charge in [0.05, 0.1) is 17.8 Å². The van der Waals surface area contributed by atoms with Crippen molar-refractivity contribution in [3.8, 4) is 6.07 Å². The number of hydrogen-bond donors (Lipinski definition) is 1. The maximum atomic E-state index is 8.77. The fourth-order valence-corrected chi connectivity index (χ4v) is 2.04. The Morgan fingerprint density at radius 1 is 1.05 bits per heavy atom. The molecule has 4 heteroatoms. The van der Waals surface area contributed by atoms with Crippen LogP contribution in [-0.2, 0) is 6.54 Å². The van der Waals surface area contributed by atoms with E-state index in [0.717, 1.165) is 22.2 Å². The zero-order valence-electron chi connectivity index (χ0n) is 10.7. The van der Waals surface area contributed by atoms with E-state index in [1.165, 1.54) is 0 Å². The largest absolute Gasteiger partial charge is 0.364 e. The Morgan fingerprint density at radius 2 is 1.85 bits per heavy atom. The molecule has 0 saturated heterocycles. The number of anilines is 1. The lowest BCUT2D eigenvalue weighted by Crippen LogP contribution is -2.02. The van der Waals surface area contributed by atoms with E-state index in [1.54, 1.807) is 6.20 Å². The number of nitriles is 1. The van der Waals surface area contributed by atoms with E-state index in [1.807, 2.05) is 48.5 Å². The minimum absolute atomic E-state index is 0.647. The van der Waals surface area contributed by atoms with Crippen LogP contribution in [0.2, 0.25) is 0 Å². The molecule has 3 rings (SSSR count). The summed E-state index contributed by atoms with van der Waals surface area (Å²) in [6.45, 7) is 0.647. The van der Waals surface area contributed by atoms with Crippen molar-refractivity contribution >= 4 is 16.6 Å². The van der Waals surface area contributed by atoms with Gasteiger partial charge in [0.2, 0.25) is 0 Å². The van der Waals surface area contributed by atoms with Crippen molar-refractivity contribution in [2.75, 3.05) is 5.32 Å². The molecule has 20 heavy (non-hydrogen) atoms. The minimum Gasteiger partial charge on any atom is -0.364 e. The Labute approximate surface area is 116 Å². The molecule has 1 aromatic heterocycles. The smallest absolute Gasteiger partial charge is 0.156 e. The van der Waals surface area contributed by atoms with Gasteiger partial charge in [-0.15, -0.1) is 5.10 Å². The Bertz CT molecular complexity index is 767. The Hall–Kier alpha value is -2.93. The van der Waals surface area contributed by atoms with Crippen molar-refractivity contribution in [1.29, 1.82) is 5.26 Å². The molecule has 3 aromatic rings. The summed E-state index contributed by atoms with van der Waals surface area (Å²) in [5, 5.41) is 22.3. The molecule has 0 spiro atoms. The number of rotatable bonds is 3. The van der Waals surface area contributed by atoms with Crippen LogP contribution in [0.15, 0.2) is 54.7 Å². The van der Waals surface area contributed by atoms with Crippen LogP contribution in [0, 0.1) is 11.3 Å². The normalized spacial score (nSPS) is 10.2. The second-order valence-electron chi connectivity index (χ2n) is 4.44. The monoisotopic (exact) mass is 260 g/mol. The van der Waals surface area contributed by atoms with Crippen molar-refractivity contribution < 1.29 is 0 Å². The average Bonchev–Trinajstić information content (AvgIpc) is 2.53. The average molecular weight is 260 g/mol. The molecule has 0 aliphatic rings. The number of hydrogen-bond acceptors (Lipinski definition) is 4. The molecule has 2 aromatic carbocycles. The number of nitrogens with one attached hydrogen (secondary N) is 1. The molecule has 0 radical (unpaired) electrons. The summed E-state index contributed by atoms with van der Waals surface area (Å²) in [7, 11) is 0. The van der Waals surface area contributed by atoms with Crippen LogP contribution in [0.25, 0.3) is 10.8 Å². The van der Waals surface area contributed by atoms with Crippen molar-refractivity contribution in [3.05, 3.63) is 65.9 Å². The summed E-state index contributed by atoms with van der Waals surface area (Å²) < 4.78 is 0. The molecular formula is C16H12N4. The Balaban J connectivity index is 1.81. The summed E-state index contributed by atoms with van der Waals surface area (Å²) in [4.78, 5) is 0. The van der Waals surface area contributed by atoms with Gasteiger partial charge < -0.3 is 5.32 Å². The van der Waals surface area contributed by atoms with E-state index < -0.39 is 0 Å². The highest BCUT2D eigenvalue weighted by atomic mass is 15.2. The lowest BCUT2D eigenvalue weighted by atomic mass is 10.1. The molecule has 0 saturated carbocycles. The molecule has 0 atom stereocenters. The number of fused-ring (bicyclic) bond motifs is 1. The Morgan fingerprint density at radius 3 is 2.65 bits per heavy atom. The van der Waals surface area contributed by atoms with Crippen LogP contribution in [-0.4, -0.2) is 10.2 Å². The first kappa shape index (κ1) is 12.1. The van der Waals surface area contributed by atoms with Gasteiger partial charge in [-0.25, -0.2) is 0 Å².